The monoisotopic (exact) mass is 261 g/mol. The third-order valence-electron chi connectivity index (χ3n) is 1.64. The summed E-state index contributed by atoms with van der Waals surface area (Å²) in [5.41, 5.74) is -3.26. The van der Waals surface area contributed by atoms with Crippen LogP contribution in [-0.2, 0) is 6.18 Å². The maximum atomic E-state index is 12.8. The third kappa shape index (κ3) is 2.92. The summed E-state index contributed by atoms with van der Waals surface area (Å²) in [6.07, 6.45) is -10.4. The van der Waals surface area contributed by atoms with Gasteiger partial charge in [0.1, 0.15) is 5.69 Å². The molecule has 0 aromatic carbocycles. The number of hydrogen-bond donors (Lipinski definition) is 0. The standard InChI is InChI=1S/C8H2F7NO/c9-6-3(5(17)8(13,14)15)1-2-4(16-6)7(10,11)12/h1-2H. The molecule has 0 bridgehead atoms. The Balaban J connectivity index is 3.20. The number of carbonyl (C=O) groups excluding carboxylic acids is 1. The van der Waals surface area contributed by atoms with Crippen molar-refractivity contribution in [3.8, 4) is 0 Å². The number of carbonyl (C=O) groups is 1. The summed E-state index contributed by atoms with van der Waals surface area (Å²) in [5.74, 6) is -4.70. The van der Waals surface area contributed by atoms with E-state index in [0.29, 0.717) is 0 Å². The number of halogens is 7. The summed E-state index contributed by atoms with van der Waals surface area (Å²) in [6.45, 7) is 0. The van der Waals surface area contributed by atoms with Crippen molar-refractivity contribution in [2.75, 3.05) is 0 Å². The molecule has 9 heteroatoms. The zero-order chi connectivity index (χ0) is 13.4. The predicted molar refractivity (Wildman–Crippen MR) is 39.6 cm³/mol. The Kier molecular flexibility index (Phi) is 3.13. The average Bonchev–Trinajstić information content (AvgIpc) is 2.13. The molecule has 1 aromatic heterocycles. The van der Waals surface area contributed by atoms with E-state index in [-0.39, 0.29) is 12.1 Å². The van der Waals surface area contributed by atoms with Crippen LogP contribution in [0.3, 0.4) is 0 Å². The van der Waals surface area contributed by atoms with Gasteiger partial charge in [-0.05, 0) is 12.1 Å². The molecule has 17 heavy (non-hydrogen) atoms. The van der Waals surface area contributed by atoms with Crippen molar-refractivity contribution < 1.29 is 35.5 Å². The van der Waals surface area contributed by atoms with Crippen molar-refractivity contribution in [2.45, 2.75) is 12.4 Å². The Bertz CT molecular complexity index is 448. The smallest absolute Gasteiger partial charge is 0.284 e. The highest BCUT2D eigenvalue weighted by Crippen LogP contribution is 2.29. The van der Waals surface area contributed by atoms with Gasteiger partial charge in [-0.2, -0.15) is 30.7 Å². The Morgan fingerprint density at radius 2 is 1.59 bits per heavy atom. The van der Waals surface area contributed by atoms with E-state index in [9.17, 15) is 35.5 Å². The molecule has 2 nitrogen and oxygen atoms in total. The molecule has 0 radical (unpaired) electrons. The Morgan fingerprint density at radius 3 is 1.94 bits per heavy atom. The third-order valence-corrected chi connectivity index (χ3v) is 1.64. The van der Waals surface area contributed by atoms with Gasteiger partial charge in [-0.3, -0.25) is 4.79 Å². The maximum absolute atomic E-state index is 12.8. The van der Waals surface area contributed by atoms with Crippen LogP contribution in [0.15, 0.2) is 12.1 Å². The second-order valence-electron chi connectivity index (χ2n) is 2.86. The zero-order valence-corrected chi connectivity index (χ0v) is 7.66. The lowest BCUT2D eigenvalue weighted by atomic mass is 10.1. The van der Waals surface area contributed by atoms with Crippen molar-refractivity contribution >= 4 is 5.78 Å². The number of rotatable bonds is 1. The van der Waals surface area contributed by atoms with E-state index in [2.05, 4.69) is 4.98 Å². The quantitative estimate of drug-likeness (QED) is 0.442. The molecule has 1 rings (SSSR count). The number of pyridine rings is 1. The minimum Gasteiger partial charge on any atom is -0.284 e. The molecule has 94 valence electrons. The zero-order valence-electron chi connectivity index (χ0n) is 7.66. The summed E-state index contributed by atoms with van der Waals surface area (Å²) in [7, 11) is 0. The number of alkyl halides is 6. The fourth-order valence-electron chi connectivity index (χ4n) is 0.914. The van der Waals surface area contributed by atoms with Gasteiger partial charge in [0.2, 0.25) is 5.95 Å². The van der Waals surface area contributed by atoms with Crippen molar-refractivity contribution in [1.29, 1.82) is 0 Å². The van der Waals surface area contributed by atoms with Gasteiger partial charge in [0, 0.05) is 0 Å². The average molecular weight is 261 g/mol. The summed E-state index contributed by atoms with van der Waals surface area (Å²) in [6, 6.07) is 0.197. The first-order valence-electron chi connectivity index (χ1n) is 3.88. The molecule has 0 N–H and O–H groups in total. The topological polar surface area (TPSA) is 30.0 Å². The van der Waals surface area contributed by atoms with Crippen molar-refractivity contribution in [2.24, 2.45) is 0 Å². The number of ketones is 1. The number of aromatic nitrogens is 1. The molecule has 0 aliphatic rings. The number of Topliss-reactive ketones (excluding diaryl/α,β-unsaturated/α-hetero) is 1. The van der Waals surface area contributed by atoms with Crippen LogP contribution in [0, 0.1) is 5.95 Å². The van der Waals surface area contributed by atoms with Crippen LogP contribution in [0.25, 0.3) is 0 Å². The van der Waals surface area contributed by atoms with Gasteiger partial charge in [-0.15, -0.1) is 0 Å². The first-order valence-corrected chi connectivity index (χ1v) is 3.88. The first-order chi connectivity index (χ1) is 7.53. The molecular weight excluding hydrogens is 259 g/mol. The molecule has 0 atom stereocenters. The first kappa shape index (κ1) is 13.4. The van der Waals surface area contributed by atoms with E-state index >= 15 is 0 Å². The lowest BCUT2D eigenvalue weighted by Gasteiger charge is -2.08. The Hall–Kier alpha value is -1.67. The van der Waals surface area contributed by atoms with Crippen LogP contribution in [0.2, 0.25) is 0 Å². The Morgan fingerprint density at radius 1 is 1.06 bits per heavy atom. The van der Waals surface area contributed by atoms with E-state index in [1.165, 1.54) is 0 Å². The molecule has 1 heterocycles. The molecule has 0 aliphatic heterocycles. The largest absolute Gasteiger partial charge is 0.455 e. The molecular formula is C8H2F7NO. The molecule has 0 spiro atoms. The molecule has 1 aromatic rings. The summed E-state index contributed by atoms with van der Waals surface area (Å²) in [5, 5.41) is 0. The summed E-state index contributed by atoms with van der Waals surface area (Å²) < 4.78 is 84.5. The summed E-state index contributed by atoms with van der Waals surface area (Å²) in [4.78, 5) is 12.8. The van der Waals surface area contributed by atoms with Gasteiger partial charge in [-0.25, -0.2) is 4.98 Å². The van der Waals surface area contributed by atoms with Crippen LogP contribution in [0.4, 0.5) is 30.7 Å². The van der Waals surface area contributed by atoms with Crippen LogP contribution >= 0.6 is 0 Å². The highest BCUT2D eigenvalue weighted by atomic mass is 19.4. The second-order valence-corrected chi connectivity index (χ2v) is 2.86. The van der Waals surface area contributed by atoms with E-state index in [1.54, 1.807) is 0 Å². The van der Waals surface area contributed by atoms with Gasteiger partial charge < -0.3 is 0 Å². The molecule has 0 saturated carbocycles. The Labute approximate surface area is 89.1 Å². The highest BCUT2D eigenvalue weighted by molar-refractivity contribution is 6.00. The van der Waals surface area contributed by atoms with Crippen LogP contribution in [-0.4, -0.2) is 16.9 Å². The number of hydrogen-bond acceptors (Lipinski definition) is 2. The maximum Gasteiger partial charge on any atom is 0.455 e. The fourth-order valence-corrected chi connectivity index (χ4v) is 0.914. The molecule has 0 saturated heterocycles. The van der Waals surface area contributed by atoms with E-state index in [0.717, 1.165) is 0 Å². The van der Waals surface area contributed by atoms with Crippen molar-refractivity contribution in [3.63, 3.8) is 0 Å². The van der Waals surface area contributed by atoms with E-state index in [1.807, 2.05) is 0 Å². The van der Waals surface area contributed by atoms with Crippen molar-refractivity contribution in [1.82, 2.24) is 4.98 Å². The lowest BCUT2D eigenvalue weighted by molar-refractivity contribution is -0.141. The van der Waals surface area contributed by atoms with Gasteiger partial charge in [0.05, 0.1) is 5.56 Å². The number of nitrogens with zero attached hydrogens (tertiary/aromatic N) is 1. The van der Waals surface area contributed by atoms with Gasteiger partial charge in [0.25, 0.3) is 5.78 Å². The SMILES string of the molecule is O=C(c1ccc(C(F)(F)F)nc1F)C(F)(F)F. The minimum absolute atomic E-state index is 0.0982. The molecule has 0 aliphatic carbocycles. The normalized spacial score (nSPS) is 12.6. The van der Waals surface area contributed by atoms with Gasteiger partial charge in [-0.1, -0.05) is 0 Å². The highest BCUT2D eigenvalue weighted by Gasteiger charge is 2.42. The van der Waals surface area contributed by atoms with Gasteiger partial charge in [0.15, 0.2) is 0 Å². The van der Waals surface area contributed by atoms with Gasteiger partial charge >= 0.3 is 12.4 Å². The van der Waals surface area contributed by atoms with Crippen LogP contribution in [0.1, 0.15) is 16.1 Å². The van der Waals surface area contributed by atoms with Crippen LogP contribution < -0.4 is 0 Å². The molecule has 0 fully saturated rings. The molecule has 0 unspecified atom stereocenters. The minimum atomic E-state index is -5.37. The molecule has 0 amide bonds. The van der Waals surface area contributed by atoms with E-state index < -0.39 is 35.3 Å². The second kappa shape index (κ2) is 3.97. The lowest BCUT2D eigenvalue weighted by Crippen LogP contribution is -2.25. The van der Waals surface area contributed by atoms with Crippen LogP contribution in [0.5, 0.6) is 0 Å². The predicted octanol–water partition coefficient (Wildman–Crippen LogP) is 2.98. The van der Waals surface area contributed by atoms with Crippen molar-refractivity contribution in [3.05, 3.63) is 29.3 Å². The summed E-state index contributed by atoms with van der Waals surface area (Å²) >= 11 is 0. The fraction of sp³-hybridized carbons (Fsp3) is 0.250. The van der Waals surface area contributed by atoms with E-state index in [4.69, 9.17) is 0 Å².